The van der Waals surface area contributed by atoms with Crippen molar-refractivity contribution in [2.45, 2.75) is 26.7 Å². The lowest BCUT2D eigenvalue weighted by Gasteiger charge is -2.10. The summed E-state index contributed by atoms with van der Waals surface area (Å²) < 4.78 is 5.21. The van der Waals surface area contributed by atoms with E-state index in [1.54, 1.807) is 18.5 Å². The fourth-order valence-electron chi connectivity index (χ4n) is 2.62. The van der Waals surface area contributed by atoms with E-state index in [1.165, 1.54) is 6.07 Å². The molecule has 0 spiro atoms. The van der Waals surface area contributed by atoms with Gasteiger partial charge in [-0.3, -0.25) is 9.78 Å². The van der Waals surface area contributed by atoms with Gasteiger partial charge in [0.05, 0.1) is 0 Å². The van der Waals surface area contributed by atoms with Crippen LogP contribution < -0.4 is 10.9 Å². The van der Waals surface area contributed by atoms with Crippen molar-refractivity contribution >= 4 is 22.6 Å². The Morgan fingerprint density at radius 1 is 1.12 bits per heavy atom. The van der Waals surface area contributed by atoms with E-state index >= 15 is 0 Å². The Kier molecular flexibility index (Phi) is 4.42. The van der Waals surface area contributed by atoms with Gasteiger partial charge in [0.25, 0.3) is 0 Å². The molecule has 5 heteroatoms. The molecular formula is C19H18N2O3. The van der Waals surface area contributed by atoms with E-state index in [4.69, 9.17) is 4.42 Å². The average molecular weight is 322 g/mol. The average Bonchev–Trinajstić information content (AvgIpc) is 2.55. The van der Waals surface area contributed by atoms with Gasteiger partial charge in [-0.2, -0.15) is 0 Å². The normalized spacial score (nSPS) is 10.8. The topological polar surface area (TPSA) is 72.2 Å². The number of pyridine rings is 1. The second-order valence-electron chi connectivity index (χ2n) is 5.82. The lowest BCUT2D eigenvalue weighted by atomic mass is 10.1. The molecule has 0 aliphatic rings. The molecule has 1 amide bonds. The molecule has 0 bridgehead atoms. The van der Waals surface area contributed by atoms with Crippen LogP contribution in [0.4, 0.5) is 5.69 Å². The quantitative estimate of drug-likeness (QED) is 0.747. The molecule has 3 rings (SSSR count). The van der Waals surface area contributed by atoms with Crippen molar-refractivity contribution in [1.29, 1.82) is 0 Å². The molecule has 0 saturated heterocycles. The number of rotatable bonds is 4. The smallest absolute Gasteiger partial charge is 0.336 e. The SMILES string of the molecule is Cc1cc2oc(=O)cc(C)c2cc1NC(=O)CCc1ccncc1. The van der Waals surface area contributed by atoms with E-state index in [-0.39, 0.29) is 11.5 Å². The van der Waals surface area contributed by atoms with E-state index in [0.717, 1.165) is 27.8 Å². The largest absolute Gasteiger partial charge is 0.423 e. The third-order valence-electron chi connectivity index (χ3n) is 3.96. The van der Waals surface area contributed by atoms with Crippen molar-refractivity contribution in [2.24, 2.45) is 0 Å². The molecule has 0 aliphatic carbocycles. The second-order valence-corrected chi connectivity index (χ2v) is 5.82. The second kappa shape index (κ2) is 6.66. The summed E-state index contributed by atoms with van der Waals surface area (Å²) in [5, 5.41) is 3.76. The van der Waals surface area contributed by atoms with Gasteiger partial charge in [0.2, 0.25) is 5.91 Å². The number of hydrogen-bond acceptors (Lipinski definition) is 4. The Balaban J connectivity index is 1.78. The molecule has 1 aromatic carbocycles. The number of amides is 1. The first-order valence-electron chi connectivity index (χ1n) is 7.77. The van der Waals surface area contributed by atoms with E-state index in [1.807, 2.05) is 32.0 Å². The monoisotopic (exact) mass is 322 g/mol. The van der Waals surface area contributed by atoms with Gasteiger partial charge in [0.1, 0.15) is 5.58 Å². The van der Waals surface area contributed by atoms with Gasteiger partial charge >= 0.3 is 5.63 Å². The fourth-order valence-corrected chi connectivity index (χ4v) is 2.62. The van der Waals surface area contributed by atoms with Crippen LogP contribution in [0.1, 0.15) is 23.1 Å². The summed E-state index contributed by atoms with van der Waals surface area (Å²) in [6.07, 6.45) is 4.49. The predicted molar refractivity (Wildman–Crippen MR) is 93.1 cm³/mol. The van der Waals surface area contributed by atoms with Crippen LogP contribution in [0.15, 0.2) is 51.9 Å². The van der Waals surface area contributed by atoms with Crippen LogP contribution in [0.5, 0.6) is 0 Å². The maximum absolute atomic E-state index is 12.2. The van der Waals surface area contributed by atoms with Crippen molar-refractivity contribution in [3.8, 4) is 0 Å². The first-order valence-corrected chi connectivity index (χ1v) is 7.77. The highest BCUT2D eigenvalue weighted by atomic mass is 16.4. The highest BCUT2D eigenvalue weighted by molar-refractivity contribution is 5.95. The minimum Gasteiger partial charge on any atom is -0.423 e. The summed E-state index contributed by atoms with van der Waals surface area (Å²) in [6.45, 7) is 3.73. The Labute approximate surface area is 139 Å². The zero-order valence-corrected chi connectivity index (χ0v) is 13.6. The molecule has 0 saturated carbocycles. The molecule has 2 aromatic heterocycles. The first kappa shape index (κ1) is 15.9. The number of carbonyl (C=O) groups excluding carboxylic acids is 1. The number of nitrogens with one attached hydrogen (secondary N) is 1. The summed E-state index contributed by atoms with van der Waals surface area (Å²) >= 11 is 0. The molecule has 3 aromatic rings. The Hall–Kier alpha value is -2.95. The first-order chi connectivity index (χ1) is 11.5. The molecule has 5 nitrogen and oxygen atoms in total. The standard InChI is InChI=1S/C19H18N2O3/c1-12-10-19(23)24-17-9-13(2)16(11-15(12)17)21-18(22)4-3-14-5-7-20-8-6-14/h5-11H,3-4H2,1-2H3,(H,21,22). The number of hydrogen-bond donors (Lipinski definition) is 1. The molecule has 0 aliphatic heterocycles. The van der Waals surface area contributed by atoms with E-state index in [2.05, 4.69) is 10.3 Å². The number of benzene rings is 1. The summed E-state index contributed by atoms with van der Waals surface area (Å²) in [6, 6.07) is 8.89. The predicted octanol–water partition coefficient (Wildman–Crippen LogP) is 3.38. The van der Waals surface area contributed by atoms with Crippen molar-refractivity contribution in [2.75, 3.05) is 5.32 Å². The molecule has 0 atom stereocenters. The summed E-state index contributed by atoms with van der Waals surface area (Å²) in [5.41, 5.74) is 3.66. The van der Waals surface area contributed by atoms with Gasteiger partial charge < -0.3 is 9.73 Å². The third kappa shape index (κ3) is 3.51. The molecule has 0 fully saturated rings. The Morgan fingerprint density at radius 2 is 1.88 bits per heavy atom. The third-order valence-corrected chi connectivity index (χ3v) is 3.96. The number of nitrogens with zero attached hydrogens (tertiary/aromatic N) is 1. The molecule has 24 heavy (non-hydrogen) atoms. The minimum atomic E-state index is -0.367. The summed E-state index contributed by atoms with van der Waals surface area (Å²) in [7, 11) is 0. The van der Waals surface area contributed by atoms with E-state index < -0.39 is 0 Å². The molecule has 2 heterocycles. The summed E-state index contributed by atoms with van der Waals surface area (Å²) in [5.74, 6) is -0.0516. The van der Waals surface area contributed by atoms with Gasteiger partial charge in [0, 0.05) is 36.0 Å². The molecule has 0 radical (unpaired) electrons. The molecule has 122 valence electrons. The number of aryl methyl sites for hydroxylation is 3. The Bertz CT molecular complexity index is 946. The zero-order valence-electron chi connectivity index (χ0n) is 13.6. The van der Waals surface area contributed by atoms with Crippen molar-refractivity contribution in [3.05, 3.63) is 69.8 Å². The molecular weight excluding hydrogens is 304 g/mol. The van der Waals surface area contributed by atoms with Crippen molar-refractivity contribution in [3.63, 3.8) is 0 Å². The van der Waals surface area contributed by atoms with Gasteiger partial charge in [-0.15, -0.1) is 0 Å². The van der Waals surface area contributed by atoms with E-state index in [9.17, 15) is 9.59 Å². The van der Waals surface area contributed by atoms with Gasteiger partial charge in [-0.05, 0) is 61.2 Å². The lowest BCUT2D eigenvalue weighted by molar-refractivity contribution is -0.116. The number of aromatic nitrogens is 1. The number of anilines is 1. The fraction of sp³-hybridized carbons (Fsp3) is 0.211. The number of carbonyl (C=O) groups is 1. The zero-order chi connectivity index (χ0) is 17.1. The summed E-state index contributed by atoms with van der Waals surface area (Å²) in [4.78, 5) is 27.6. The van der Waals surface area contributed by atoms with Crippen LogP contribution >= 0.6 is 0 Å². The Morgan fingerprint density at radius 3 is 2.62 bits per heavy atom. The van der Waals surface area contributed by atoms with Crippen LogP contribution in [-0.2, 0) is 11.2 Å². The highest BCUT2D eigenvalue weighted by Gasteiger charge is 2.10. The molecule has 0 unspecified atom stereocenters. The van der Waals surface area contributed by atoms with Gasteiger partial charge in [-0.1, -0.05) is 0 Å². The van der Waals surface area contributed by atoms with E-state index in [0.29, 0.717) is 18.4 Å². The lowest BCUT2D eigenvalue weighted by Crippen LogP contribution is -2.13. The van der Waals surface area contributed by atoms with Crippen LogP contribution in [-0.4, -0.2) is 10.9 Å². The van der Waals surface area contributed by atoms with Gasteiger partial charge in [0.15, 0.2) is 0 Å². The maximum atomic E-state index is 12.2. The van der Waals surface area contributed by atoms with Crippen LogP contribution in [0.3, 0.4) is 0 Å². The number of fused-ring (bicyclic) bond motifs is 1. The molecule has 1 N–H and O–H groups in total. The maximum Gasteiger partial charge on any atom is 0.336 e. The van der Waals surface area contributed by atoms with Crippen LogP contribution in [0.25, 0.3) is 11.0 Å². The minimum absolute atomic E-state index is 0.0516. The van der Waals surface area contributed by atoms with Gasteiger partial charge in [-0.25, -0.2) is 4.79 Å². The van der Waals surface area contributed by atoms with Crippen molar-refractivity contribution in [1.82, 2.24) is 4.98 Å². The van der Waals surface area contributed by atoms with Crippen LogP contribution in [0.2, 0.25) is 0 Å². The van der Waals surface area contributed by atoms with Crippen LogP contribution in [0, 0.1) is 13.8 Å². The highest BCUT2D eigenvalue weighted by Crippen LogP contribution is 2.25. The van der Waals surface area contributed by atoms with Crippen molar-refractivity contribution < 1.29 is 9.21 Å².